The summed E-state index contributed by atoms with van der Waals surface area (Å²) in [6, 6.07) is 6.22. The van der Waals surface area contributed by atoms with Crippen LogP contribution < -0.4 is 0 Å². The molecule has 0 aliphatic rings. The molecule has 1 aromatic carbocycles. The molecule has 0 bridgehead atoms. The maximum absolute atomic E-state index is 11.9. The number of carbonyl (C=O) groups is 2. The second-order valence-electron chi connectivity index (χ2n) is 3.48. The summed E-state index contributed by atoms with van der Waals surface area (Å²) >= 11 is 0. The standard InChI is InChI=1S/C12H10N2O5/c1-2-19-12(16)10(7-13)11(15)8-3-5-9(6-4-8)14(17)18/h3-6,10H,2H2,1H3. The van der Waals surface area contributed by atoms with Gasteiger partial charge in [0.15, 0.2) is 5.78 Å². The van der Waals surface area contributed by atoms with E-state index in [4.69, 9.17) is 5.26 Å². The fourth-order valence-electron chi connectivity index (χ4n) is 1.36. The maximum atomic E-state index is 11.9. The minimum atomic E-state index is -1.55. The first-order valence-corrected chi connectivity index (χ1v) is 5.36. The normalized spacial score (nSPS) is 11.2. The zero-order chi connectivity index (χ0) is 14.4. The number of carbonyl (C=O) groups excluding carboxylic acids is 2. The molecule has 0 fully saturated rings. The van der Waals surface area contributed by atoms with E-state index in [1.54, 1.807) is 13.0 Å². The summed E-state index contributed by atoms with van der Waals surface area (Å²) in [5, 5.41) is 19.3. The summed E-state index contributed by atoms with van der Waals surface area (Å²) in [4.78, 5) is 33.1. The molecule has 98 valence electrons. The van der Waals surface area contributed by atoms with Crippen LogP contribution in [0.15, 0.2) is 24.3 Å². The van der Waals surface area contributed by atoms with Crippen molar-refractivity contribution in [1.29, 1.82) is 5.26 Å². The Balaban J connectivity index is 2.95. The lowest BCUT2D eigenvalue weighted by Gasteiger charge is -2.07. The maximum Gasteiger partial charge on any atom is 0.331 e. The number of Topliss-reactive ketones (excluding diaryl/α,β-unsaturated/α-hetero) is 1. The van der Waals surface area contributed by atoms with Crippen LogP contribution >= 0.6 is 0 Å². The van der Waals surface area contributed by atoms with Gasteiger partial charge in [-0.05, 0) is 19.1 Å². The van der Waals surface area contributed by atoms with Crippen molar-refractivity contribution in [3.8, 4) is 6.07 Å². The Morgan fingerprint density at radius 2 is 2.00 bits per heavy atom. The van der Waals surface area contributed by atoms with E-state index in [0.717, 1.165) is 12.1 Å². The van der Waals surface area contributed by atoms with Gasteiger partial charge in [0, 0.05) is 17.7 Å². The lowest BCUT2D eigenvalue weighted by molar-refractivity contribution is -0.384. The van der Waals surface area contributed by atoms with E-state index in [-0.39, 0.29) is 17.9 Å². The van der Waals surface area contributed by atoms with Gasteiger partial charge >= 0.3 is 5.97 Å². The quantitative estimate of drug-likeness (QED) is 0.261. The zero-order valence-electron chi connectivity index (χ0n) is 10.0. The smallest absolute Gasteiger partial charge is 0.331 e. The number of nitro groups is 1. The average molecular weight is 262 g/mol. The molecular weight excluding hydrogens is 252 g/mol. The summed E-state index contributed by atoms with van der Waals surface area (Å²) in [5.41, 5.74) is -0.133. The van der Waals surface area contributed by atoms with Crippen molar-refractivity contribution in [3.63, 3.8) is 0 Å². The highest BCUT2D eigenvalue weighted by Crippen LogP contribution is 2.15. The number of nitro benzene ring substituents is 1. The number of nitriles is 1. The highest BCUT2D eigenvalue weighted by Gasteiger charge is 2.29. The Labute approximate surface area is 108 Å². The molecule has 1 rings (SSSR count). The Hall–Kier alpha value is -2.75. The second kappa shape index (κ2) is 6.26. The highest BCUT2D eigenvalue weighted by atomic mass is 16.6. The number of hydrogen-bond acceptors (Lipinski definition) is 6. The second-order valence-corrected chi connectivity index (χ2v) is 3.48. The third-order valence-electron chi connectivity index (χ3n) is 2.28. The number of benzene rings is 1. The summed E-state index contributed by atoms with van der Waals surface area (Å²) in [7, 11) is 0. The summed E-state index contributed by atoms with van der Waals surface area (Å²) < 4.78 is 4.61. The molecule has 0 N–H and O–H groups in total. The van der Waals surface area contributed by atoms with E-state index < -0.39 is 22.6 Å². The molecule has 1 atom stereocenters. The summed E-state index contributed by atoms with van der Waals surface area (Å²) in [6.45, 7) is 1.62. The van der Waals surface area contributed by atoms with Gasteiger partial charge < -0.3 is 4.74 Å². The zero-order valence-corrected chi connectivity index (χ0v) is 10.0. The first-order valence-electron chi connectivity index (χ1n) is 5.36. The van der Waals surface area contributed by atoms with Gasteiger partial charge in [0.25, 0.3) is 5.69 Å². The number of nitrogens with zero attached hydrogens (tertiary/aromatic N) is 2. The van der Waals surface area contributed by atoms with E-state index >= 15 is 0 Å². The SMILES string of the molecule is CCOC(=O)C(C#N)C(=O)c1ccc([N+](=O)[O-])cc1. The van der Waals surface area contributed by atoms with Crippen molar-refractivity contribution >= 4 is 17.4 Å². The molecule has 0 aliphatic carbocycles. The lowest BCUT2D eigenvalue weighted by atomic mass is 9.99. The monoisotopic (exact) mass is 262 g/mol. The van der Waals surface area contributed by atoms with Gasteiger partial charge in [-0.25, -0.2) is 0 Å². The van der Waals surface area contributed by atoms with E-state index in [0.29, 0.717) is 0 Å². The van der Waals surface area contributed by atoms with E-state index in [2.05, 4.69) is 4.74 Å². The molecule has 0 aliphatic heterocycles. The third kappa shape index (κ3) is 3.35. The van der Waals surface area contributed by atoms with Crippen LogP contribution in [0.5, 0.6) is 0 Å². The van der Waals surface area contributed by atoms with Crippen LogP contribution in [0.3, 0.4) is 0 Å². The van der Waals surface area contributed by atoms with Crippen molar-refractivity contribution in [1.82, 2.24) is 0 Å². The molecule has 0 saturated carbocycles. The molecule has 1 unspecified atom stereocenters. The van der Waals surface area contributed by atoms with Gasteiger partial charge in [0.1, 0.15) is 0 Å². The van der Waals surface area contributed by atoms with Gasteiger partial charge in [-0.2, -0.15) is 5.26 Å². The van der Waals surface area contributed by atoms with Gasteiger partial charge in [0.05, 0.1) is 17.6 Å². The molecule has 7 heteroatoms. The largest absolute Gasteiger partial charge is 0.465 e. The molecule has 0 amide bonds. The van der Waals surface area contributed by atoms with Crippen molar-refractivity contribution < 1.29 is 19.2 Å². The Morgan fingerprint density at radius 1 is 1.42 bits per heavy atom. The Bertz CT molecular complexity index is 544. The fourth-order valence-corrected chi connectivity index (χ4v) is 1.36. The predicted molar refractivity (Wildman–Crippen MR) is 63.2 cm³/mol. The van der Waals surface area contributed by atoms with Crippen molar-refractivity contribution in [2.75, 3.05) is 6.61 Å². The highest BCUT2D eigenvalue weighted by molar-refractivity contribution is 6.10. The van der Waals surface area contributed by atoms with Gasteiger partial charge in [0.2, 0.25) is 5.92 Å². The molecular formula is C12H10N2O5. The van der Waals surface area contributed by atoms with E-state index in [1.165, 1.54) is 12.1 Å². The first-order chi connectivity index (χ1) is 9.01. The minimum Gasteiger partial charge on any atom is -0.465 e. The minimum absolute atomic E-state index is 0.0465. The van der Waals surface area contributed by atoms with Gasteiger partial charge in [-0.3, -0.25) is 19.7 Å². The number of ketones is 1. The van der Waals surface area contributed by atoms with Crippen molar-refractivity contribution in [2.45, 2.75) is 6.92 Å². The van der Waals surface area contributed by atoms with Crippen LogP contribution in [-0.4, -0.2) is 23.3 Å². The average Bonchev–Trinajstić information content (AvgIpc) is 2.39. The molecule has 0 radical (unpaired) electrons. The third-order valence-corrected chi connectivity index (χ3v) is 2.28. The van der Waals surface area contributed by atoms with Crippen LogP contribution in [0.2, 0.25) is 0 Å². The number of hydrogen-bond donors (Lipinski definition) is 0. The molecule has 1 aromatic rings. The number of esters is 1. The molecule has 0 spiro atoms. The van der Waals surface area contributed by atoms with Crippen molar-refractivity contribution in [3.05, 3.63) is 39.9 Å². The Kier molecular flexibility index (Phi) is 4.71. The lowest BCUT2D eigenvalue weighted by Crippen LogP contribution is -2.24. The first kappa shape index (κ1) is 14.3. The van der Waals surface area contributed by atoms with Gasteiger partial charge in [-0.15, -0.1) is 0 Å². The van der Waals surface area contributed by atoms with Crippen LogP contribution in [0.4, 0.5) is 5.69 Å². The van der Waals surface area contributed by atoms with Crippen LogP contribution in [0.1, 0.15) is 17.3 Å². The van der Waals surface area contributed by atoms with Crippen molar-refractivity contribution in [2.24, 2.45) is 5.92 Å². The van der Waals surface area contributed by atoms with Gasteiger partial charge in [-0.1, -0.05) is 0 Å². The van der Waals surface area contributed by atoms with Crippen LogP contribution in [-0.2, 0) is 9.53 Å². The summed E-state index contributed by atoms with van der Waals surface area (Å²) in [5.74, 6) is -3.22. The Morgan fingerprint density at radius 3 is 2.42 bits per heavy atom. The fraction of sp³-hybridized carbons (Fsp3) is 0.250. The molecule has 0 saturated heterocycles. The summed E-state index contributed by atoms with van der Waals surface area (Å²) in [6.07, 6.45) is 0. The number of rotatable bonds is 5. The van der Waals surface area contributed by atoms with E-state index in [1.807, 2.05) is 0 Å². The molecule has 19 heavy (non-hydrogen) atoms. The predicted octanol–water partition coefficient (Wildman–Crippen LogP) is 1.48. The van der Waals surface area contributed by atoms with E-state index in [9.17, 15) is 19.7 Å². The molecule has 7 nitrogen and oxygen atoms in total. The molecule has 0 aromatic heterocycles. The topological polar surface area (TPSA) is 110 Å². The number of non-ortho nitro benzene ring substituents is 1. The molecule has 0 heterocycles. The van der Waals surface area contributed by atoms with Crippen LogP contribution in [0.25, 0.3) is 0 Å². The van der Waals surface area contributed by atoms with Crippen LogP contribution in [0, 0.1) is 27.4 Å². The number of ether oxygens (including phenoxy) is 1.